The molecular weight excluding hydrogens is 496 g/mol. The second-order valence-electron chi connectivity index (χ2n) is 11.4. The molecule has 1 aliphatic rings. The van der Waals surface area contributed by atoms with Crippen LogP contribution in [0.3, 0.4) is 0 Å². The second-order valence-corrected chi connectivity index (χ2v) is 11.4. The molecule has 1 aliphatic heterocycles. The average molecular weight is 545 g/mol. The van der Waals surface area contributed by atoms with Crippen LogP contribution in [0.25, 0.3) is 6.08 Å². The summed E-state index contributed by atoms with van der Waals surface area (Å²) in [5.41, 5.74) is 6.44. The van der Waals surface area contributed by atoms with Crippen LogP contribution in [0.2, 0.25) is 0 Å². The van der Waals surface area contributed by atoms with Gasteiger partial charge in [0, 0.05) is 19.6 Å². The maximum absolute atomic E-state index is 13.8. The Labute approximate surface area is 234 Å². The van der Waals surface area contributed by atoms with Crippen molar-refractivity contribution in [2.75, 3.05) is 33.8 Å². The van der Waals surface area contributed by atoms with E-state index in [-0.39, 0.29) is 36.1 Å². The first-order valence-corrected chi connectivity index (χ1v) is 14.1. The van der Waals surface area contributed by atoms with Crippen LogP contribution in [0, 0.1) is 23.7 Å². The van der Waals surface area contributed by atoms with E-state index in [1.165, 1.54) is 5.01 Å². The number of rotatable bonds is 14. The monoisotopic (exact) mass is 544 g/mol. The number of benzene rings is 1. The molecule has 1 aromatic carbocycles. The minimum atomic E-state index is -0.708. The molecule has 3 atom stereocenters. The standard InChI is InChI=1S/C30H48N4O5/c1-22(2)19-26(29(36)31-34(20-23(3)4)27(35)21-33(5)6)25(16-12-15-24-13-8-7-9-14-24)30(37)32-39-28-17-10-11-18-38-28/h7-9,12-15,22-23,25-26,28H,10-11,16-21H2,1-6H3,(H,31,36)(H,32,37)/b15-12+/t25-,26+,28?/m0/s1. The van der Waals surface area contributed by atoms with E-state index in [1.54, 1.807) is 4.90 Å². The van der Waals surface area contributed by atoms with Gasteiger partial charge in [0.15, 0.2) is 6.29 Å². The highest BCUT2D eigenvalue weighted by Gasteiger charge is 2.35. The number of nitrogens with one attached hydrogen (secondary N) is 2. The fourth-order valence-corrected chi connectivity index (χ4v) is 4.48. The Morgan fingerprint density at radius 3 is 2.33 bits per heavy atom. The fraction of sp³-hybridized carbons (Fsp3) is 0.633. The zero-order valence-corrected chi connectivity index (χ0v) is 24.5. The highest BCUT2D eigenvalue weighted by Crippen LogP contribution is 2.26. The highest BCUT2D eigenvalue weighted by atomic mass is 16.8. The molecule has 9 nitrogen and oxygen atoms in total. The Morgan fingerprint density at radius 1 is 1.03 bits per heavy atom. The van der Waals surface area contributed by atoms with Crippen LogP contribution < -0.4 is 10.9 Å². The third-order valence-corrected chi connectivity index (χ3v) is 6.36. The van der Waals surface area contributed by atoms with E-state index >= 15 is 0 Å². The number of carbonyl (C=O) groups excluding carboxylic acids is 3. The van der Waals surface area contributed by atoms with E-state index in [4.69, 9.17) is 9.57 Å². The Bertz CT molecular complexity index is 913. The topological polar surface area (TPSA) is 100 Å². The third-order valence-electron chi connectivity index (χ3n) is 6.36. The summed E-state index contributed by atoms with van der Waals surface area (Å²) in [4.78, 5) is 47.5. The van der Waals surface area contributed by atoms with Gasteiger partial charge in [0.05, 0.1) is 18.4 Å². The summed E-state index contributed by atoms with van der Waals surface area (Å²) in [5, 5.41) is 1.39. The number of carbonyl (C=O) groups is 3. The number of hydroxylamine groups is 1. The van der Waals surface area contributed by atoms with Gasteiger partial charge in [-0.15, -0.1) is 0 Å². The van der Waals surface area contributed by atoms with Crippen LogP contribution in [-0.4, -0.2) is 67.7 Å². The van der Waals surface area contributed by atoms with Gasteiger partial charge in [-0.3, -0.25) is 24.8 Å². The minimum Gasteiger partial charge on any atom is -0.350 e. The van der Waals surface area contributed by atoms with Crippen LogP contribution in [0.5, 0.6) is 0 Å². The first kappa shape index (κ1) is 32.5. The molecule has 0 radical (unpaired) electrons. The molecule has 2 rings (SSSR count). The predicted octanol–water partition coefficient (Wildman–Crippen LogP) is 4.02. The molecule has 0 aliphatic carbocycles. The molecule has 39 heavy (non-hydrogen) atoms. The van der Waals surface area contributed by atoms with Gasteiger partial charge in [-0.2, -0.15) is 0 Å². The molecular formula is C30H48N4O5. The van der Waals surface area contributed by atoms with Crippen LogP contribution in [0.1, 0.15) is 65.4 Å². The number of hydrazine groups is 1. The number of hydrogen-bond donors (Lipinski definition) is 2. The lowest BCUT2D eigenvalue weighted by Gasteiger charge is -2.31. The number of likely N-dealkylation sites (N-methyl/N-ethyl adjacent to an activating group) is 1. The summed E-state index contributed by atoms with van der Waals surface area (Å²) in [7, 11) is 3.62. The zero-order valence-electron chi connectivity index (χ0n) is 24.5. The molecule has 1 fully saturated rings. The number of nitrogens with zero attached hydrogens (tertiary/aromatic N) is 2. The van der Waals surface area contributed by atoms with Gasteiger partial charge in [-0.1, -0.05) is 70.2 Å². The van der Waals surface area contributed by atoms with Crippen LogP contribution in [-0.2, 0) is 24.0 Å². The molecule has 1 unspecified atom stereocenters. The van der Waals surface area contributed by atoms with Crippen molar-refractivity contribution < 1.29 is 24.0 Å². The first-order chi connectivity index (χ1) is 18.6. The molecule has 9 heteroatoms. The molecule has 0 saturated carbocycles. The van der Waals surface area contributed by atoms with E-state index < -0.39 is 18.1 Å². The Balaban J connectivity index is 2.27. The molecule has 0 bridgehead atoms. The lowest BCUT2D eigenvalue weighted by Crippen LogP contribution is -2.54. The summed E-state index contributed by atoms with van der Waals surface area (Å²) in [6, 6.07) is 9.80. The van der Waals surface area contributed by atoms with Gasteiger partial charge >= 0.3 is 0 Å². The molecule has 0 aromatic heterocycles. The lowest BCUT2D eigenvalue weighted by molar-refractivity contribution is -0.203. The van der Waals surface area contributed by atoms with Crippen LogP contribution in [0.15, 0.2) is 36.4 Å². The van der Waals surface area contributed by atoms with Gasteiger partial charge in [0.1, 0.15) is 0 Å². The summed E-state index contributed by atoms with van der Waals surface area (Å²) in [6.45, 7) is 9.15. The molecule has 3 amide bonds. The van der Waals surface area contributed by atoms with Gasteiger partial charge < -0.3 is 9.64 Å². The van der Waals surface area contributed by atoms with Crippen molar-refractivity contribution in [2.24, 2.45) is 23.7 Å². The first-order valence-electron chi connectivity index (χ1n) is 14.1. The van der Waals surface area contributed by atoms with Crippen molar-refractivity contribution in [3.63, 3.8) is 0 Å². The van der Waals surface area contributed by atoms with E-state index in [0.717, 1.165) is 18.4 Å². The van der Waals surface area contributed by atoms with Crippen molar-refractivity contribution >= 4 is 23.8 Å². The molecule has 1 heterocycles. The number of ether oxygens (including phenoxy) is 1. The quantitative estimate of drug-likeness (QED) is 0.343. The fourth-order valence-electron chi connectivity index (χ4n) is 4.48. The lowest BCUT2D eigenvalue weighted by atomic mass is 9.82. The highest BCUT2D eigenvalue weighted by molar-refractivity contribution is 5.89. The van der Waals surface area contributed by atoms with Gasteiger partial charge in [0.2, 0.25) is 11.8 Å². The van der Waals surface area contributed by atoms with E-state index in [9.17, 15) is 14.4 Å². The van der Waals surface area contributed by atoms with Crippen molar-refractivity contribution in [1.82, 2.24) is 20.8 Å². The van der Waals surface area contributed by atoms with E-state index in [2.05, 4.69) is 10.9 Å². The normalized spacial score (nSPS) is 17.4. The molecule has 1 saturated heterocycles. The average Bonchev–Trinajstić information content (AvgIpc) is 2.88. The van der Waals surface area contributed by atoms with E-state index in [0.29, 0.717) is 32.4 Å². The predicted molar refractivity (Wildman–Crippen MR) is 153 cm³/mol. The Morgan fingerprint density at radius 2 is 1.74 bits per heavy atom. The summed E-state index contributed by atoms with van der Waals surface area (Å²) in [6.07, 6.45) is 6.81. The molecule has 0 spiro atoms. The van der Waals surface area contributed by atoms with Crippen molar-refractivity contribution in [1.29, 1.82) is 0 Å². The van der Waals surface area contributed by atoms with E-state index in [1.807, 2.05) is 84.3 Å². The maximum Gasteiger partial charge on any atom is 0.255 e. The minimum absolute atomic E-state index is 0.146. The van der Waals surface area contributed by atoms with Gasteiger partial charge in [0.25, 0.3) is 5.91 Å². The number of amides is 3. The maximum atomic E-state index is 13.8. The molecule has 218 valence electrons. The van der Waals surface area contributed by atoms with Crippen molar-refractivity contribution in [3.8, 4) is 0 Å². The van der Waals surface area contributed by atoms with Crippen molar-refractivity contribution in [3.05, 3.63) is 42.0 Å². The summed E-state index contributed by atoms with van der Waals surface area (Å²) in [5.74, 6) is -2.02. The van der Waals surface area contributed by atoms with Gasteiger partial charge in [-0.05, 0) is 57.2 Å². The molecule has 2 N–H and O–H groups in total. The second kappa shape index (κ2) is 17.0. The molecule has 1 aromatic rings. The smallest absolute Gasteiger partial charge is 0.255 e. The van der Waals surface area contributed by atoms with Crippen LogP contribution in [0.4, 0.5) is 0 Å². The van der Waals surface area contributed by atoms with Crippen LogP contribution >= 0.6 is 0 Å². The summed E-state index contributed by atoms with van der Waals surface area (Å²) < 4.78 is 5.59. The SMILES string of the molecule is CC(C)C[C@@H](C(=O)NN(CC(C)C)C(=O)CN(C)C)[C@H](C/C=C/c1ccccc1)C(=O)NOC1CCCCO1. The third kappa shape index (κ3) is 12.3. The Kier molecular flexibility index (Phi) is 14.2. The van der Waals surface area contributed by atoms with Crippen molar-refractivity contribution in [2.45, 2.75) is 66.1 Å². The Hall–Kier alpha value is -2.75. The summed E-state index contributed by atoms with van der Waals surface area (Å²) >= 11 is 0. The number of hydrogen-bond acceptors (Lipinski definition) is 6. The van der Waals surface area contributed by atoms with Gasteiger partial charge in [-0.25, -0.2) is 10.3 Å². The largest absolute Gasteiger partial charge is 0.350 e. The number of allylic oxidation sites excluding steroid dienone is 1. The zero-order chi connectivity index (χ0) is 28.8.